The van der Waals surface area contributed by atoms with Gasteiger partial charge in [0.15, 0.2) is 0 Å². The van der Waals surface area contributed by atoms with Crippen LogP contribution in [0.25, 0.3) is 0 Å². The summed E-state index contributed by atoms with van der Waals surface area (Å²) >= 11 is 5.76. The van der Waals surface area contributed by atoms with Crippen molar-refractivity contribution in [3.63, 3.8) is 0 Å². The van der Waals surface area contributed by atoms with Gasteiger partial charge in [0.1, 0.15) is 12.7 Å². The van der Waals surface area contributed by atoms with Gasteiger partial charge in [-0.1, -0.05) is 23.7 Å². The average Bonchev–Trinajstić information content (AvgIpc) is 2.62. The minimum atomic E-state index is 0.733. The predicted molar refractivity (Wildman–Crippen MR) is 50.6 cm³/mol. The van der Waals surface area contributed by atoms with Crippen LogP contribution in [0.15, 0.2) is 36.9 Å². The Morgan fingerprint density at radius 1 is 1.23 bits per heavy atom. The topological polar surface area (TPSA) is 30.7 Å². The number of benzene rings is 1. The highest BCUT2D eigenvalue weighted by atomic mass is 35.5. The second kappa shape index (κ2) is 3.58. The molecule has 0 radical (unpaired) electrons. The SMILES string of the molecule is Clc1ccc(Cn2cncn2)cc1. The van der Waals surface area contributed by atoms with Crippen molar-refractivity contribution < 1.29 is 0 Å². The third-order valence-electron chi connectivity index (χ3n) is 1.72. The summed E-state index contributed by atoms with van der Waals surface area (Å²) in [4.78, 5) is 3.86. The molecule has 0 spiro atoms. The Hall–Kier alpha value is -1.35. The maximum atomic E-state index is 5.76. The smallest absolute Gasteiger partial charge is 0.137 e. The normalized spacial score (nSPS) is 10.2. The quantitative estimate of drug-likeness (QED) is 0.730. The van der Waals surface area contributed by atoms with Gasteiger partial charge in [-0.2, -0.15) is 5.10 Å². The molecule has 66 valence electrons. The first-order chi connectivity index (χ1) is 6.34. The van der Waals surface area contributed by atoms with Gasteiger partial charge in [-0.15, -0.1) is 0 Å². The average molecular weight is 194 g/mol. The van der Waals surface area contributed by atoms with E-state index >= 15 is 0 Å². The Balaban J connectivity index is 2.15. The highest BCUT2D eigenvalue weighted by molar-refractivity contribution is 6.30. The van der Waals surface area contributed by atoms with Gasteiger partial charge in [0.25, 0.3) is 0 Å². The molecule has 0 aliphatic heterocycles. The zero-order valence-corrected chi connectivity index (χ0v) is 7.65. The highest BCUT2D eigenvalue weighted by Crippen LogP contribution is 2.09. The Bertz CT molecular complexity index is 366. The molecule has 0 saturated heterocycles. The van der Waals surface area contributed by atoms with Crippen molar-refractivity contribution in [3.8, 4) is 0 Å². The molecule has 0 N–H and O–H groups in total. The van der Waals surface area contributed by atoms with E-state index in [1.807, 2.05) is 24.3 Å². The van der Waals surface area contributed by atoms with Crippen LogP contribution in [0.5, 0.6) is 0 Å². The van der Waals surface area contributed by atoms with Crippen molar-refractivity contribution in [1.82, 2.24) is 14.8 Å². The van der Waals surface area contributed by atoms with Crippen LogP contribution in [-0.4, -0.2) is 14.8 Å². The fourth-order valence-corrected chi connectivity index (χ4v) is 1.22. The number of rotatable bonds is 2. The van der Waals surface area contributed by atoms with Crippen molar-refractivity contribution in [1.29, 1.82) is 0 Å². The predicted octanol–water partition coefficient (Wildman–Crippen LogP) is 1.98. The summed E-state index contributed by atoms with van der Waals surface area (Å²) in [6, 6.07) is 7.69. The van der Waals surface area contributed by atoms with Gasteiger partial charge in [-0.25, -0.2) is 9.67 Å². The van der Waals surface area contributed by atoms with Gasteiger partial charge in [0, 0.05) is 5.02 Å². The number of hydrogen-bond acceptors (Lipinski definition) is 2. The lowest BCUT2D eigenvalue weighted by molar-refractivity contribution is 0.685. The maximum Gasteiger partial charge on any atom is 0.137 e. The Labute approximate surface area is 81.0 Å². The van der Waals surface area contributed by atoms with Gasteiger partial charge >= 0.3 is 0 Å². The zero-order valence-electron chi connectivity index (χ0n) is 6.89. The first-order valence-corrected chi connectivity index (χ1v) is 4.29. The third-order valence-corrected chi connectivity index (χ3v) is 1.98. The van der Waals surface area contributed by atoms with Crippen molar-refractivity contribution in [3.05, 3.63) is 47.5 Å². The molecule has 0 aliphatic carbocycles. The second-order valence-corrected chi connectivity index (χ2v) is 3.16. The molecule has 2 aromatic rings. The van der Waals surface area contributed by atoms with Crippen LogP contribution in [0.1, 0.15) is 5.56 Å². The lowest BCUT2D eigenvalue weighted by Gasteiger charge is -2.00. The van der Waals surface area contributed by atoms with Crippen LogP contribution in [0.2, 0.25) is 5.02 Å². The van der Waals surface area contributed by atoms with Crippen LogP contribution in [-0.2, 0) is 6.54 Å². The molecule has 0 atom stereocenters. The van der Waals surface area contributed by atoms with Gasteiger partial charge in [-0.3, -0.25) is 0 Å². The largest absolute Gasteiger partial charge is 0.249 e. The maximum absolute atomic E-state index is 5.76. The number of aromatic nitrogens is 3. The van der Waals surface area contributed by atoms with E-state index in [1.165, 1.54) is 6.33 Å². The molecule has 1 aromatic heterocycles. The minimum absolute atomic E-state index is 0.733. The molecular weight excluding hydrogens is 186 g/mol. The summed E-state index contributed by atoms with van der Waals surface area (Å²) < 4.78 is 1.77. The van der Waals surface area contributed by atoms with E-state index in [0.29, 0.717) is 0 Å². The van der Waals surface area contributed by atoms with E-state index in [-0.39, 0.29) is 0 Å². The summed E-state index contributed by atoms with van der Waals surface area (Å²) in [5, 5.41) is 4.76. The van der Waals surface area contributed by atoms with Crippen LogP contribution in [0, 0.1) is 0 Å². The lowest BCUT2D eigenvalue weighted by atomic mass is 10.2. The van der Waals surface area contributed by atoms with Crippen molar-refractivity contribution in [2.24, 2.45) is 0 Å². The Morgan fingerprint density at radius 2 is 2.00 bits per heavy atom. The molecule has 0 saturated carbocycles. The molecule has 0 fully saturated rings. The molecular formula is C9H8ClN3. The first-order valence-electron chi connectivity index (χ1n) is 3.91. The zero-order chi connectivity index (χ0) is 9.10. The molecule has 1 heterocycles. The van der Waals surface area contributed by atoms with E-state index < -0.39 is 0 Å². The summed E-state index contributed by atoms with van der Waals surface area (Å²) in [5.41, 5.74) is 1.16. The Morgan fingerprint density at radius 3 is 2.62 bits per heavy atom. The molecule has 4 heteroatoms. The Kier molecular flexibility index (Phi) is 2.27. The second-order valence-electron chi connectivity index (χ2n) is 2.72. The van der Waals surface area contributed by atoms with Gasteiger partial charge in [0.05, 0.1) is 6.54 Å². The summed E-state index contributed by atoms with van der Waals surface area (Å²) in [7, 11) is 0. The van der Waals surface area contributed by atoms with Crippen molar-refractivity contribution in [2.75, 3.05) is 0 Å². The van der Waals surface area contributed by atoms with Crippen molar-refractivity contribution in [2.45, 2.75) is 6.54 Å². The monoisotopic (exact) mass is 193 g/mol. The molecule has 0 aliphatic rings. The molecule has 0 bridgehead atoms. The van der Waals surface area contributed by atoms with Gasteiger partial charge < -0.3 is 0 Å². The molecule has 1 aromatic carbocycles. The molecule has 2 rings (SSSR count). The molecule has 0 unspecified atom stereocenters. The third kappa shape index (κ3) is 2.06. The summed E-state index contributed by atoms with van der Waals surface area (Å²) in [5.74, 6) is 0. The fourth-order valence-electron chi connectivity index (χ4n) is 1.09. The van der Waals surface area contributed by atoms with E-state index in [9.17, 15) is 0 Å². The van der Waals surface area contributed by atoms with E-state index in [0.717, 1.165) is 17.1 Å². The van der Waals surface area contributed by atoms with Gasteiger partial charge in [-0.05, 0) is 17.7 Å². The lowest BCUT2D eigenvalue weighted by Crippen LogP contribution is -1.99. The molecule has 13 heavy (non-hydrogen) atoms. The first kappa shape index (κ1) is 8.26. The van der Waals surface area contributed by atoms with Crippen LogP contribution >= 0.6 is 11.6 Å². The summed E-state index contributed by atoms with van der Waals surface area (Å²) in [6.07, 6.45) is 3.21. The van der Waals surface area contributed by atoms with Gasteiger partial charge in [0.2, 0.25) is 0 Å². The van der Waals surface area contributed by atoms with E-state index in [2.05, 4.69) is 10.1 Å². The van der Waals surface area contributed by atoms with Crippen molar-refractivity contribution >= 4 is 11.6 Å². The summed E-state index contributed by atoms with van der Waals surface area (Å²) in [6.45, 7) is 0.733. The van der Waals surface area contributed by atoms with E-state index in [1.54, 1.807) is 11.0 Å². The number of nitrogens with zero attached hydrogens (tertiary/aromatic N) is 3. The standard InChI is InChI=1S/C9H8ClN3/c10-9-3-1-8(2-4-9)5-13-7-11-6-12-13/h1-4,6-7H,5H2. The number of hydrogen-bond donors (Lipinski definition) is 0. The van der Waals surface area contributed by atoms with Crippen LogP contribution in [0.4, 0.5) is 0 Å². The fraction of sp³-hybridized carbons (Fsp3) is 0.111. The van der Waals surface area contributed by atoms with Crippen LogP contribution in [0.3, 0.4) is 0 Å². The van der Waals surface area contributed by atoms with Crippen LogP contribution < -0.4 is 0 Å². The van der Waals surface area contributed by atoms with E-state index in [4.69, 9.17) is 11.6 Å². The minimum Gasteiger partial charge on any atom is -0.249 e. The highest BCUT2D eigenvalue weighted by Gasteiger charge is 1.94. The molecule has 3 nitrogen and oxygen atoms in total. The number of halogens is 1. The molecule has 0 amide bonds.